The summed E-state index contributed by atoms with van der Waals surface area (Å²) in [4.78, 5) is 14.4. The molecular weight excluding hydrogens is 192 g/mol. The zero-order valence-corrected chi connectivity index (χ0v) is 8.26. The Bertz CT molecular complexity index is 295. The van der Waals surface area contributed by atoms with E-state index >= 15 is 0 Å². The van der Waals surface area contributed by atoms with E-state index in [1.807, 2.05) is 17.8 Å². The highest BCUT2D eigenvalue weighted by molar-refractivity contribution is 7.99. The summed E-state index contributed by atoms with van der Waals surface area (Å²) in [6.45, 7) is 0. The number of thiophene rings is 1. The SMILES string of the molecule is COC(=O)c1cc2c(s1)CCS2. The van der Waals surface area contributed by atoms with Gasteiger partial charge in [0.15, 0.2) is 0 Å². The van der Waals surface area contributed by atoms with E-state index in [1.54, 1.807) is 11.3 Å². The number of ether oxygens (including phenoxy) is 1. The molecule has 1 aromatic rings. The number of carbonyl (C=O) groups is 1. The predicted octanol–water partition coefficient (Wildman–Crippen LogP) is 2.18. The maximum Gasteiger partial charge on any atom is 0.348 e. The van der Waals surface area contributed by atoms with Crippen molar-refractivity contribution in [2.75, 3.05) is 12.9 Å². The Hall–Kier alpha value is -0.480. The number of fused-ring (bicyclic) bond motifs is 1. The van der Waals surface area contributed by atoms with Crippen LogP contribution < -0.4 is 0 Å². The van der Waals surface area contributed by atoms with E-state index in [9.17, 15) is 4.79 Å². The van der Waals surface area contributed by atoms with Crippen LogP contribution in [0, 0.1) is 0 Å². The minimum atomic E-state index is -0.213. The highest BCUT2D eigenvalue weighted by atomic mass is 32.2. The molecule has 2 nitrogen and oxygen atoms in total. The van der Waals surface area contributed by atoms with E-state index in [-0.39, 0.29) is 5.97 Å². The Kier molecular flexibility index (Phi) is 2.11. The molecule has 0 aromatic carbocycles. The number of esters is 1. The number of carbonyl (C=O) groups excluding carboxylic acids is 1. The molecule has 12 heavy (non-hydrogen) atoms. The van der Waals surface area contributed by atoms with Crippen molar-refractivity contribution in [3.8, 4) is 0 Å². The summed E-state index contributed by atoms with van der Waals surface area (Å²) >= 11 is 3.38. The quantitative estimate of drug-likeness (QED) is 0.650. The normalized spacial score (nSPS) is 14.4. The summed E-state index contributed by atoms with van der Waals surface area (Å²) in [6, 6.07) is 1.93. The summed E-state index contributed by atoms with van der Waals surface area (Å²) in [5.74, 6) is 0.942. The first-order valence-corrected chi connectivity index (χ1v) is 5.45. The Labute approximate surface area is 78.9 Å². The van der Waals surface area contributed by atoms with E-state index in [2.05, 4.69) is 4.74 Å². The van der Waals surface area contributed by atoms with Crippen molar-refractivity contribution in [1.29, 1.82) is 0 Å². The van der Waals surface area contributed by atoms with Crippen LogP contribution in [-0.4, -0.2) is 18.8 Å². The fraction of sp³-hybridized carbons (Fsp3) is 0.375. The lowest BCUT2D eigenvalue weighted by molar-refractivity contribution is 0.0606. The monoisotopic (exact) mass is 200 g/mol. The molecule has 0 bridgehead atoms. The number of aryl methyl sites for hydroxylation is 1. The maximum atomic E-state index is 11.1. The van der Waals surface area contributed by atoms with Gasteiger partial charge in [0.2, 0.25) is 0 Å². The third kappa shape index (κ3) is 1.25. The van der Waals surface area contributed by atoms with Crippen LogP contribution in [0.1, 0.15) is 14.5 Å². The fourth-order valence-electron chi connectivity index (χ4n) is 1.16. The van der Waals surface area contributed by atoms with Crippen LogP contribution in [0.5, 0.6) is 0 Å². The third-order valence-electron chi connectivity index (χ3n) is 1.74. The number of hydrogen-bond acceptors (Lipinski definition) is 4. The molecule has 0 radical (unpaired) electrons. The lowest BCUT2D eigenvalue weighted by Crippen LogP contribution is -1.97. The summed E-state index contributed by atoms with van der Waals surface area (Å²) in [5, 5.41) is 0. The van der Waals surface area contributed by atoms with Crippen molar-refractivity contribution in [1.82, 2.24) is 0 Å². The van der Waals surface area contributed by atoms with Gasteiger partial charge in [0.25, 0.3) is 0 Å². The molecule has 0 spiro atoms. The predicted molar refractivity (Wildman–Crippen MR) is 50.1 cm³/mol. The zero-order chi connectivity index (χ0) is 8.55. The van der Waals surface area contributed by atoms with E-state index in [4.69, 9.17) is 0 Å². The number of rotatable bonds is 1. The van der Waals surface area contributed by atoms with Gasteiger partial charge < -0.3 is 4.74 Å². The van der Waals surface area contributed by atoms with E-state index in [0.717, 1.165) is 17.1 Å². The van der Waals surface area contributed by atoms with Gasteiger partial charge in [0, 0.05) is 15.5 Å². The highest BCUT2D eigenvalue weighted by Gasteiger charge is 2.18. The molecule has 1 aromatic heterocycles. The van der Waals surface area contributed by atoms with Crippen molar-refractivity contribution in [3.63, 3.8) is 0 Å². The van der Waals surface area contributed by atoms with E-state index in [0.29, 0.717) is 0 Å². The molecule has 0 atom stereocenters. The Balaban J connectivity index is 2.31. The smallest absolute Gasteiger partial charge is 0.348 e. The molecule has 0 saturated heterocycles. The maximum absolute atomic E-state index is 11.1. The molecule has 0 saturated carbocycles. The molecule has 0 aliphatic carbocycles. The number of thioether (sulfide) groups is 1. The minimum Gasteiger partial charge on any atom is -0.465 e. The average molecular weight is 200 g/mol. The Morgan fingerprint density at radius 2 is 2.50 bits per heavy atom. The summed E-state index contributed by atoms with van der Waals surface area (Å²) in [7, 11) is 1.42. The van der Waals surface area contributed by atoms with Gasteiger partial charge in [-0.1, -0.05) is 0 Å². The molecule has 0 N–H and O–H groups in total. The molecule has 0 fully saturated rings. The largest absolute Gasteiger partial charge is 0.465 e. The van der Waals surface area contributed by atoms with E-state index in [1.165, 1.54) is 16.9 Å². The Morgan fingerprint density at radius 1 is 1.67 bits per heavy atom. The van der Waals surface area contributed by atoms with Gasteiger partial charge in [0.1, 0.15) is 4.88 Å². The average Bonchev–Trinajstić information content (AvgIpc) is 2.60. The van der Waals surface area contributed by atoms with Crippen LogP contribution in [0.25, 0.3) is 0 Å². The highest BCUT2D eigenvalue weighted by Crippen LogP contribution is 2.37. The lowest BCUT2D eigenvalue weighted by atomic mass is 10.4. The first-order valence-electron chi connectivity index (χ1n) is 3.65. The second-order valence-electron chi connectivity index (χ2n) is 2.49. The molecule has 1 aliphatic rings. The van der Waals surface area contributed by atoms with Crippen molar-refractivity contribution >= 4 is 29.1 Å². The molecule has 2 rings (SSSR count). The lowest BCUT2D eigenvalue weighted by Gasteiger charge is -1.92. The standard InChI is InChI=1S/C8H8O2S2/c1-10-8(9)7-4-6-5(12-7)2-3-11-6/h4H,2-3H2,1H3. The molecule has 0 unspecified atom stereocenters. The first kappa shape index (κ1) is 8.13. The van der Waals surface area contributed by atoms with E-state index < -0.39 is 0 Å². The van der Waals surface area contributed by atoms with Gasteiger partial charge in [-0.25, -0.2) is 4.79 Å². The molecule has 1 aliphatic heterocycles. The van der Waals surface area contributed by atoms with Gasteiger partial charge in [-0.05, 0) is 12.5 Å². The number of hydrogen-bond donors (Lipinski definition) is 0. The van der Waals surface area contributed by atoms with Crippen LogP contribution in [0.4, 0.5) is 0 Å². The zero-order valence-electron chi connectivity index (χ0n) is 6.62. The van der Waals surface area contributed by atoms with Crippen LogP contribution in [0.3, 0.4) is 0 Å². The van der Waals surface area contributed by atoms with Crippen molar-refractivity contribution in [3.05, 3.63) is 15.8 Å². The minimum absolute atomic E-state index is 0.213. The third-order valence-corrected chi connectivity index (χ3v) is 4.13. The number of methoxy groups -OCH3 is 1. The molecular formula is C8H8O2S2. The van der Waals surface area contributed by atoms with Gasteiger partial charge in [0.05, 0.1) is 7.11 Å². The molecule has 64 valence electrons. The molecule has 4 heteroatoms. The molecule has 2 heterocycles. The van der Waals surface area contributed by atoms with Gasteiger partial charge in [-0.2, -0.15) is 0 Å². The summed E-state index contributed by atoms with van der Waals surface area (Å²) in [5.41, 5.74) is 0. The van der Waals surface area contributed by atoms with Crippen molar-refractivity contribution in [2.45, 2.75) is 11.3 Å². The van der Waals surface area contributed by atoms with Crippen molar-refractivity contribution < 1.29 is 9.53 Å². The molecule has 0 amide bonds. The second-order valence-corrected chi connectivity index (χ2v) is 4.76. The van der Waals surface area contributed by atoms with Crippen LogP contribution in [0.2, 0.25) is 0 Å². The fourth-order valence-corrected chi connectivity index (χ4v) is 3.63. The van der Waals surface area contributed by atoms with Gasteiger partial charge >= 0.3 is 5.97 Å². The van der Waals surface area contributed by atoms with Gasteiger partial charge in [-0.3, -0.25) is 0 Å². The summed E-state index contributed by atoms with van der Waals surface area (Å²) in [6.07, 6.45) is 1.10. The summed E-state index contributed by atoms with van der Waals surface area (Å²) < 4.78 is 4.64. The first-order chi connectivity index (χ1) is 5.81. The van der Waals surface area contributed by atoms with Crippen LogP contribution in [-0.2, 0) is 11.2 Å². The topological polar surface area (TPSA) is 26.3 Å². The van der Waals surface area contributed by atoms with Crippen molar-refractivity contribution in [2.24, 2.45) is 0 Å². The van der Waals surface area contributed by atoms with Gasteiger partial charge in [-0.15, -0.1) is 23.1 Å². The Morgan fingerprint density at radius 3 is 3.17 bits per heavy atom. The second kappa shape index (κ2) is 3.11. The van der Waals surface area contributed by atoms with Crippen LogP contribution >= 0.6 is 23.1 Å². The van der Waals surface area contributed by atoms with Crippen LogP contribution in [0.15, 0.2) is 11.0 Å².